The van der Waals surface area contributed by atoms with Gasteiger partial charge in [-0.15, -0.1) is 0 Å². The Labute approximate surface area is 224 Å². The van der Waals surface area contributed by atoms with Gasteiger partial charge in [0.05, 0.1) is 34.8 Å². The van der Waals surface area contributed by atoms with Gasteiger partial charge in [0.25, 0.3) is 5.91 Å². The summed E-state index contributed by atoms with van der Waals surface area (Å²) in [4.78, 5) is 34.6. The molecule has 2 aromatic rings. The number of hydrogen-bond donors (Lipinski definition) is 1. The fraction of sp³-hybridized carbons (Fsp3) is 0.423. The molecular weight excluding hydrogens is 517 g/mol. The third-order valence-electron chi connectivity index (χ3n) is 6.72. The van der Waals surface area contributed by atoms with Crippen LogP contribution < -0.4 is 15.1 Å². The lowest BCUT2D eigenvalue weighted by atomic mass is 10.0. The smallest absolute Gasteiger partial charge is 0.340 e. The fourth-order valence-corrected chi connectivity index (χ4v) is 5.17. The van der Waals surface area contributed by atoms with E-state index in [4.69, 9.17) is 17.5 Å². The normalized spacial score (nSPS) is 17.6. The number of anilines is 2. The average Bonchev–Trinajstić information content (AvgIpc) is 3.07. The molecule has 12 heteroatoms. The van der Waals surface area contributed by atoms with Crippen molar-refractivity contribution in [2.45, 2.75) is 44.8 Å². The van der Waals surface area contributed by atoms with Gasteiger partial charge in [-0.3, -0.25) is 19.5 Å². The summed E-state index contributed by atoms with van der Waals surface area (Å²) in [6.07, 6.45) is -1.52. The molecule has 3 heterocycles. The zero-order valence-corrected chi connectivity index (χ0v) is 21.8. The molecule has 0 unspecified atom stereocenters. The van der Waals surface area contributed by atoms with Crippen LogP contribution in [0.1, 0.15) is 43.5 Å². The maximum atomic E-state index is 13.5. The van der Waals surface area contributed by atoms with Crippen molar-refractivity contribution in [2.24, 2.45) is 0 Å². The summed E-state index contributed by atoms with van der Waals surface area (Å²) >= 11 is 5.55. The maximum absolute atomic E-state index is 13.5. The number of hydrogen-bond acceptors (Lipinski definition) is 6. The number of nitriles is 1. The standard InChI is InChI=1S/C26H27F3N6O2S/c1-25(2)23(37)34(19-8-6-17(15-30)21(14-19)26(27,28)29)24(38)35(25)20-9-7-18(32-16-20)4-3-5-22(36)33-12-10-31-11-13-33/h6-9,14,16,31H,3-5,10-13H2,1-2H3. The van der Waals surface area contributed by atoms with Crippen molar-refractivity contribution >= 4 is 40.5 Å². The minimum Gasteiger partial charge on any atom is -0.340 e. The van der Waals surface area contributed by atoms with Gasteiger partial charge in [0.1, 0.15) is 5.54 Å². The van der Waals surface area contributed by atoms with Crippen molar-refractivity contribution in [3.63, 3.8) is 0 Å². The number of thiocarbonyl (C=S) groups is 1. The zero-order chi connectivity index (χ0) is 27.7. The number of benzene rings is 1. The van der Waals surface area contributed by atoms with Crippen LogP contribution in [0, 0.1) is 11.3 Å². The number of nitrogens with one attached hydrogen (secondary N) is 1. The van der Waals surface area contributed by atoms with Crippen LogP contribution in [0.4, 0.5) is 24.5 Å². The molecule has 2 amide bonds. The van der Waals surface area contributed by atoms with E-state index < -0.39 is 28.7 Å². The number of piperazine rings is 1. The Kier molecular flexibility index (Phi) is 7.71. The summed E-state index contributed by atoms with van der Waals surface area (Å²) < 4.78 is 40.6. The minimum atomic E-state index is -4.77. The number of alkyl halides is 3. The number of pyridine rings is 1. The lowest BCUT2D eigenvalue weighted by molar-refractivity contribution is -0.137. The van der Waals surface area contributed by atoms with Crippen LogP contribution in [0.25, 0.3) is 0 Å². The zero-order valence-electron chi connectivity index (χ0n) is 21.0. The number of nitrogens with zero attached hydrogens (tertiary/aromatic N) is 5. The van der Waals surface area contributed by atoms with Gasteiger partial charge >= 0.3 is 6.18 Å². The largest absolute Gasteiger partial charge is 0.417 e. The van der Waals surface area contributed by atoms with E-state index in [9.17, 15) is 22.8 Å². The van der Waals surface area contributed by atoms with E-state index in [0.29, 0.717) is 38.0 Å². The van der Waals surface area contributed by atoms with E-state index in [0.717, 1.165) is 35.8 Å². The van der Waals surface area contributed by atoms with Gasteiger partial charge in [0, 0.05) is 38.3 Å². The molecule has 0 aliphatic carbocycles. The molecule has 1 aromatic heterocycles. The number of carbonyl (C=O) groups excluding carboxylic acids is 2. The number of aromatic nitrogens is 1. The van der Waals surface area contributed by atoms with Gasteiger partial charge < -0.3 is 15.1 Å². The van der Waals surface area contributed by atoms with Crippen LogP contribution in [-0.2, 0) is 22.2 Å². The Hall–Kier alpha value is -3.56. The highest BCUT2D eigenvalue weighted by Crippen LogP contribution is 2.39. The first kappa shape index (κ1) is 27.5. The van der Waals surface area contributed by atoms with Crippen molar-refractivity contribution in [3.8, 4) is 6.07 Å². The second kappa shape index (κ2) is 10.7. The monoisotopic (exact) mass is 544 g/mol. The highest BCUT2D eigenvalue weighted by Gasteiger charge is 2.50. The van der Waals surface area contributed by atoms with Crippen molar-refractivity contribution < 1.29 is 22.8 Å². The molecule has 2 aliphatic rings. The highest BCUT2D eigenvalue weighted by molar-refractivity contribution is 7.81. The molecule has 1 aromatic carbocycles. The first-order valence-electron chi connectivity index (χ1n) is 12.2. The van der Waals surface area contributed by atoms with E-state index in [1.165, 1.54) is 12.1 Å². The predicted octanol–water partition coefficient (Wildman–Crippen LogP) is 3.64. The van der Waals surface area contributed by atoms with E-state index in [2.05, 4.69) is 10.3 Å². The fourth-order valence-electron chi connectivity index (χ4n) is 4.65. The number of aryl methyl sites for hydroxylation is 1. The quantitative estimate of drug-likeness (QED) is 0.555. The number of carbonyl (C=O) groups is 2. The molecule has 0 saturated carbocycles. The van der Waals surface area contributed by atoms with E-state index in [1.54, 1.807) is 37.1 Å². The van der Waals surface area contributed by atoms with Crippen LogP contribution in [-0.4, -0.2) is 58.5 Å². The Balaban J connectivity index is 1.49. The molecule has 1 N–H and O–H groups in total. The third kappa shape index (κ3) is 5.35. The average molecular weight is 545 g/mol. The summed E-state index contributed by atoms with van der Waals surface area (Å²) in [5, 5.41) is 12.3. The van der Waals surface area contributed by atoms with Crippen molar-refractivity contribution in [1.82, 2.24) is 15.2 Å². The Morgan fingerprint density at radius 2 is 1.87 bits per heavy atom. The third-order valence-corrected chi connectivity index (χ3v) is 7.08. The molecule has 8 nitrogen and oxygen atoms in total. The second-order valence-electron chi connectivity index (χ2n) is 9.65. The maximum Gasteiger partial charge on any atom is 0.417 e. The van der Waals surface area contributed by atoms with Crippen LogP contribution in [0.15, 0.2) is 36.5 Å². The van der Waals surface area contributed by atoms with Gasteiger partial charge in [-0.25, -0.2) is 0 Å². The summed E-state index contributed by atoms with van der Waals surface area (Å²) in [6.45, 7) is 6.30. The molecule has 38 heavy (non-hydrogen) atoms. The molecule has 2 saturated heterocycles. The Morgan fingerprint density at radius 3 is 2.47 bits per heavy atom. The summed E-state index contributed by atoms with van der Waals surface area (Å²) in [6, 6.07) is 8.17. The lowest BCUT2D eigenvalue weighted by Crippen LogP contribution is -2.46. The molecule has 2 aliphatic heterocycles. The first-order chi connectivity index (χ1) is 17.9. The molecule has 200 valence electrons. The number of halogens is 3. The Bertz CT molecular complexity index is 1280. The summed E-state index contributed by atoms with van der Waals surface area (Å²) in [5.74, 6) is -0.377. The van der Waals surface area contributed by atoms with Crippen LogP contribution in [0.3, 0.4) is 0 Å². The highest BCUT2D eigenvalue weighted by atomic mass is 32.1. The van der Waals surface area contributed by atoms with Crippen LogP contribution in [0.2, 0.25) is 0 Å². The molecule has 0 atom stereocenters. The van der Waals surface area contributed by atoms with Gasteiger partial charge in [-0.05, 0) is 69.2 Å². The number of amides is 2. The summed E-state index contributed by atoms with van der Waals surface area (Å²) in [7, 11) is 0. The van der Waals surface area contributed by atoms with Gasteiger partial charge in [-0.2, -0.15) is 18.4 Å². The molecule has 0 radical (unpaired) electrons. The summed E-state index contributed by atoms with van der Waals surface area (Å²) in [5.41, 5.74) is -1.64. The second-order valence-corrected chi connectivity index (χ2v) is 10.0. The van der Waals surface area contributed by atoms with Gasteiger partial charge in [-0.1, -0.05) is 0 Å². The molecule has 4 rings (SSSR count). The van der Waals surface area contributed by atoms with Gasteiger partial charge in [0.15, 0.2) is 5.11 Å². The number of rotatable bonds is 6. The van der Waals surface area contributed by atoms with Crippen molar-refractivity contribution in [2.75, 3.05) is 36.0 Å². The minimum absolute atomic E-state index is 0.00833. The van der Waals surface area contributed by atoms with Crippen LogP contribution >= 0.6 is 12.2 Å². The first-order valence-corrected chi connectivity index (χ1v) is 12.6. The SMILES string of the molecule is CC1(C)C(=O)N(c2ccc(C#N)c(C(F)(F)F)c2)C(=S)N1c1ccc(CCCC(=O)N2CCNCC2)nc1. The molecule has 0 spiro atoms. The molecule has 0 bridgehead atoms. The topological polar surface area (TPSA) is 92.6 Å². The lowest BCUT2D eigenvalue weighted by Gasteiger charge is -2.29. The van der Waals surface area contributed by atoms with Crippen molar-refractivity contribution in [1.29, 1.82) is 5.26 Å². The van der Waals surface area contributed by atoms with Crippen molar-refractivity contribution in [3.05, 3.63) is 53.3 Å². The molecule has 2 fully saturated rings. The Morgan fingerprint density at radius 1 is 1.18 bits per heavy atom. The van der Waals surface area contributed by atoms with E-state index in [-0.39, 0.29) is 16.7 Å². The van der Waals surface area contributed by atoms with Gasteiger partial charge in [0.2, 0.25) is 5.91 Å². The predicted molar refractivity (Wildman–Crippen MR) is 139 cm³/mol. The molecular formula is C26H27F3N6O2S. The van der Waals surface area contributed by atoms with E-state index in [1.807, 2.05) is 4.90 Å². The van der Waals surface area contributed by atoms with E-state index >= 15 is 0 Å². The van der Waals surface area contributed by atoms with Crippen LogP contribution in [0.5, 0.6) is 0 Å².